The summed E-state index contributed by atoms with van der Waals surface area (Å²) in [5.74, 6) is 0. The zero-order valence-corrected chi connectivity index (χ0v) is 13.8. The van der Waals surface area contributed by atoms with Crippen LogP contribution in [0.3, 0.4) is 0 Å². The van der Waals surface area contributed by atoms with Crippen LogP contribution in [0.1, 0.15) is 11.1 Å². The first-order valence-corrected chi connectivity index (χ1v) is 9.17. The van der Waals surface area contributed by atoms with E-state index in [2.05, 4.69) is 36.4 Å². The van der Waals surface area contributed by atoms with E-state index in [1.165, 1.54) is 20.9 Å². The van der Waals surface area contributed by atoms with Gasteiger partial charge in [0.1, 0.15) is 0 Å². The molecule has 4 aromatic rings. The standard InChI is InChI=1S/C20H12OS2/c21-20-14-6-2-4-8-17(14)23-19-10-13-9-12-5-1-3-7-16(12)22-18(13)11-15(19)20/h1-8,10-11H,9H2. The lowest BCUT2D eigenvalue weighted by molar-refractivity contribution is 1.06. The monoisotopic (exact) mass is 332 g/mol. The van der Waals surface area contributed by atoms with E-state index in [0.717, 1.165) is 26.6 Å². The highest BCUT2D eigenvalue weighted by atomic mass is 32.2. The van der Waals surface area contributed by atoms with Gasteiger partial charge in [-0.25, -0.2) is 0 Å². The molecule has 23 heavy (non-hydrogen) atoms. The second kappa shape index (κ2) is 4.95. The smallest absolute Gasteiger partial charge is 0.195 e. The maximum Gasteiger partial charge on any atom is 0.195 e. The first-order chi connectivity index (χ1) is 11.3. The molecular formula is C20H12OS2. The molecule has 3 aromatic carbocycles. The number of rotatable bonds is 0. The lowest BCUT2D eigenvalue weighted by Gasteiger charge is -2.19. The van der Waals surface area contributed by atoms with E-state index >= 15 is 0 Å². The number of hydrogen-bond acceptors (Lipinski definition) is 3. The normalized spacial score (nSPS) is 13.0. The highest BCUT2D eigenvalue weighted by molar-refractivity contribution is 7.99. The molecule has 0 amide bonds. The third kappa shape index (κ3) is 2.04. The molecule has 0 saturated heterocycles. The van der Waals surface area contributed by atoms with Crippen molar-refractivity contribution in [2.45, 2.75) is 16.2 Å². The molecule has 110 valence electrons. The summed E-state index contributed by atoms with van der Waals surface area (Å²) in [5.41, 5.74) is 2.85. The minimum absolute atomic E-state index is 0.150. The number of fused-ring (bicyclic) bond motifs is 4. The van der Waals surface area contributed by atoms with Gasteiger partial charge in [0.05, 0.1) is 0 Å². The van der Waals surface area contributed by atoms with Crippen molar-refractivity contribution in [3.05, 3.63) is 82.0 Å². The molecule has 1 aliphatic heterocycles. The van der Waals surface area contributed by atoms with Gasteiger partial charge >= 0.3 is 0 Å². The van der Waals surface area contributed by atoms with Crippen LogP contribution in [-0.2, 0) is 6.42 Å². The zero-order valence-electron chi connectivity index (χ0n) is 12.2. The Bertz CT molecular complexity index is 1140. The van der Waals surface area contributed by atoms with E-state index in [4.69, 9.17) is 0 Å². The number of hydrogen-bond donors (Lipinski definition) is 0. The van der Waals surface area contributed by atoms with Gasteiger partial charge in [-0.05, 0) is 47.9 Å². The molecule has 0 N–H and O–H groups in total. The fourth-order valence-corrected chi connectivity index (χ4v) is 5.39. The van der Waals surface area contributed by atoms with E-state index in [1.807, 2.05) is 24.3 Å². The second-order valence-corrected chi connectivity index (χ2v) is 7.94. The Morgan fingerprint density at radius 1 is 0.739 bits per heavy atom. The maximum atomic E-state index is 12.8. The third-order valence-electron chi connectivity index (χ3n) is 4.33. The molecule has 0 fully saturated rings. The van der Waals surface area contributed by atoms with Gasteiger partial charge in [0.25, 0.3) is 0 Å². The lowest BCUT2D eigenvalue weighted by Crippen LogP contribution is -2.04. The molecule has 0 atom stereocenters. The Morgan fingerprint density at radius 3 is 2.52 bits per heavy atom. The Labute approximate surface area is 141 Å². The minimum Gasteiger partial charge on any atom is -0.289 e. The molecular weight excluding hydrogens is 320 g/mol. The summed E-state index contributed by atoms with van der Waals surface area (Å²) in [6.45, 7) is 0. The van der Waals surface area contributed by atoms with Crippen molar-refractivity contribution >= 4 is 43.3 Å². The predicted octanol–water partition coefficient (Wildman–Crippen LogP) is 5.47. The van der Waals surface area contributed by atoms with Crippen LogP contribution in [0.15, 0.2) is 75.2 Å². The van der Waals surface area contributed by atoms with Gasteiger partial charge in [0.2, 0.25) is 0 Å². The zero-order chi connectivity index (χ0) is 15.4. The molecule has 5 rings (SSSR count). The fourth-order valence-electron chi connectivity index (χ4n) is 3.18. The molecule has 0 saturated carbocycles. The summed E-state index contributed by atoms with van der Waals surface area (Å²) in [6, 6.07) is 20.7. The largest absolute Gasteiger partial charge is 0.289 e. The van der Waals surface area contributed by atoms with Crippen LogP contribution < -0.4 is 5.43 Å². The molecule has 1 nitrogen and oxygen atoms in total. The van der Waals surface area contributed by atoms with Gasteiger partial charge in [-0.2, -0.15) is 0 Å². The minimum atomic E-state index is 0.150. The van der Waals surface area contributed by atoms with Crippen molar-refractivity contribution < 1.29 is 0 Å². The summed E-state index contributed by atoms with van der Waals surface area (Å²) in [7, 11) is 0. The number of benzene rings is 3. The van der Waals surface area contributed by atoms with Crippen LogP contribution in [-0.4, -0.2) is 0 Å². The van der Waals surface area contributed by atoms with Gasteiger partial charge in [-0.15, -0.1) is 11.3 Å². The molecule has 0 unspecified atom stereocenters. The quantitative estimate of drug-likeness (QED) is 0.350. The Morgan fingerprint density at radius 2 is 1.57 bits per heavy atom. The molecule has 2 heterocycles. The van der Waals surface area contributed by atoms with Crippen LogP contribution >= 0.6 is 23.1 Å². The second-order valence-electron chi connectivity index (χ2n) is 5.77. The van der Waals surface area contributed by atoms with Crippen LogP contribution in [0.4, 0.5) is 0 Å². The van der Waals surface area contributed by atoms with E-state index < -0.39 is 0 Å². The van der Waals surface area contributed by atoms with E-state index in [-0.39, 0.29) is 5.43 Å². The summed E-state index contributed by atoms with van der Waals surface area (Å²) in [6.07, 6.45) is 0.947. The predicted molar refractivity (Wildman–Crippen MR) is 99.0 cm³/mol. The summed E-state index contributed by atoms with van der Waals surface area (Å²) in [4.78, 5) is 15.3. The van der Waals surface area contributed by atoms with Gasteiger partial charge in [-0.3, -0.25) is 4.79 Å². The van der Waals surface area contributed by atoms with Crippen molar-refractivity contribution in [1.29, 1.82) is 0 Å². The van der Waals surface area contributed by atoms with E-state index in [1.54, 1.807) is 23.1 Å². The van der Waals surface area contributed by atoms with Crippen LogP contribution in [0.5, 0.6) is 0 Å². The average molecular weight is 332 g/mol. The van der Waals surface area contributed by atoms with Gasteiger partial charge in [-0.1, -0.05) is 42.1 Å². The average Bonchev–Trinajstić information content (AvgIpc) is 2.59. The van der Waals surface area contributed by atoms with Gasteiger partial charge < -0.3 is 0 Å². The lowest BCUT2D eigenvalue weighted by atomic mass is 10.0. The van der Waals surface area contributed by atoms with Crippen molar-refractivity contribution in [3.8, 4) is 0 Å². The van der Waals surface area contributed by atoms with E-state index in [0.29, 0.717) is 0 Å². The highest BCUT2D eigenvalue weighted by Gasteiger charge is 2.18. The van der Waals surface area contributed by atoms with Crippen LogP contribution in [0.25, 0.3) is 20.2 Å². The molecule has 3 heteroatoms. The molecule has 1 aromatic heterocycles. The highest BCUT2D eigenvalue weighted by Crippen LogP contribution is 2.41. The Hall–Kier alpha value is -2.10. The SMILES string of the molecule is O=c1c2ccccc2sc2cc3c(cc12)Sc1ccccc1C3. The van der Waals surface area contributed by atoms with Crippen molar-refractivity contribution in [1.82, 2.24) is 0 Å². The summed E-state index contributed by atoms with van der Waals surface area (Å²) < 4.78 is 2.15. The molecule has 0 radical (unpaired) electrons. The molecule has 0 aliphatic carbocycles. The summed E-state index contributed by atoms with van der Waals surface area (Å²) >= 11 is 3.49. The molecule has 1 aliphatic rings. The third-order valence-corrected chi connectivity index (χ3v) is 6.68. The topological polar surface area (TPSA) is 17.1 Å². The first kappa shape index (κ1) is 13.3. The Kier molecular flexibility index (Phi) is 2.87. The maximum absolute atomic E-state index is 12.8. The first-order valence-electron chi connectivity index (χ1n) is 7.54. The van der Waals surface area contributed by atoms with Gasteiger partial charge in [0.15, 0.2) is 5.43 Å². The molecule has 0 bridgehead atoms. The van der Waals surface area contributed by atoms with Crippen LogP contribution in [0.2, 0.25) is 0 Å². The molecule has 0 spiro atoms. The summed E-state index contributed by atoms with van der Waals surface area (Å²) in [5, 5.41) is 1.67. The fraction of sp³-hybridized carbons (Fsp3) is 0.0500. The van der Waals surface area contributed by atoms with Crippen LogP contribution in [0, 0.1) is 0 Å². The van der Waals surface area contributed by atoms with Crippen molar-refractivity contribution in [2.75, 3.05) is 0 Å². The van der Waals surface area contributed by atoms with Crippen molar-refractivity contribution in [3.63, 3.8) is 0 Å². The van der Waals surface area contributed by atoms with Gasteiger partial charge in [0, 0.05) is 30.0 Å². The van der Waals surface area contributed by atoms with Crippen molar-refractivity contribution in [2.24, 2.45) is 0 Å². The van der Waals surface area contributed by atoms with E-state index in [9.17, 15) is 4.79 Å². The Balaban J connectivity index is 1.81.